The molecule has 2 fully saturated rings. The lowest BCUT2D eigenvalue weighted by Crippen LogP contribution is -2.42. The molecule has 2 aliphatic rings. The van der Waals surface area contributed by atoms with Gasteiger partial charge in [0.15, 0.2) is 0 Å². The summed E-state index contributed by atoms with van der Waals surface area (Å²) in [7, 11) is 0. The van der Waals surface area contributed by atoms with Crippen molar-refractivity contribution in [3.8, 4) is 0 Å². The molecule has 0 unspecified atom stereocenters. The molecule has 1 saturated heterocycles. The number of benzene rings is 1. The Morgan fingerprint density at radius 2 is 1.87 bits per heavy atom. The predicted octanol–water partition coefficient (Wildman–Crippen LogP) is 3.75. The van der Waals surface area contributed by atoms with Crippen molar-refractivity contribution >= 4 is 11.8 Å². The van der Waals surface area contributed by atoms with E-state index in [-0.39, 0.29) is 29.5 Å². The number of likely N-dealkylation sites (tertiary alicyclic amines) is 1. The van der Waals surface area contributed by atoms with Gasteiger partial charge >= 0.3 is 0 Å². The fourth-order valence-corrected chi connectivity index (χ4v) is 4.60. The number of carbonyl (C=O) groups excluding carboxylic acids is 2. The van der Waals surface area contributed by atoms with Gasteiger partial charge in [-0.2, -0.15) is 0 Å². The molecule has 2 amide bonds. The van der Waals surface area contributed by atoms with Crippen LogP contribution in [0.5, 0.6) is 0 Å². The molecular formula is C24H29FN4O2. The number of carbonyl (C=O) groups is 2. The minimum absolute atomic E-state index is 0.106. The van der Waals surface area contributed by atoms with Crippen molar-refractivity contribution in [3.05, 3.63) is 58.9 Å². The molecule has 31 heavy (non-hydrogen) atoms. The lowest BCUT2D eigenvalue weighted by atomic mass is 9.95. The summed E-state index contributed by atoms with van der Waals surface area (Å²) in [5.74, 6) is 0.728. The number of amides is 2. The van der Waals surface area contributed by atoms with Gasteiger partial charge in [-0.1, -0.05) is 25.0 Å². The Kier molecular flexibility index (Phi) is 6.59. The van der Waals surface area contributed by atoms with Crippen LogP contribution in [-0.2, 0) is 11.3 Å². The van der Waals surface area contributed by atoms with Crippen LogP contribution in [0.2, 0.25) is 0 Å². The number of nitrogens with one attached hydrogen (secondary N) is 1. The van der Waals surface area contributed by atoms with Crippen molar-refractivity contribution in [3.63, 3.8) is 0 Å². The highest BCUT2D eigenvalue weighted by Gasteiger charge is 2.32. The van der Waals surface area contributed by atoms with Crippen LogP contribution >= 0.6 is 0 Å². The summed E-state index contributed by atoms with van der Waals surface area (Å²) in [6, 6.07) is 6.03. The number of halogens is 1. The number of hydrogen-bond acceptors (Lipinski definition) is 4. The number of nitrogens with zero attached hydrogens (tertiary/aromatic N) is 3. The van der Waals surface area contributed by atoms with Crippen LogP contribution in [0.25, 0.3) is 0 Å². The predicted molar refractivity (Wildman–Crippen MR) is 115 cm³/mol. The van der Waals surface area contributed by atoms with Crippen LogP contribution in [0, 0.1) is 18.7 Å². The normalized spacial score (nSPS) is 19.4. The van der Waals surface area contributed by atoms with Crippen molar-refractivity contribution in [2.75, 3.05) is 13.1 Å². The van der Waals surface area contributed by atoms with Crippen LogP contribution in [0.4, 0.5) is 4.39 Å². The minimum atomic E-state index is -0.305. The fourth-order valence-electron chi connectivity index (χ4n) is 4.60. The van der Waals surface area contributed by atoms with Crippen molar-refractivity contribution < 1.29 is 14.0 Å². The van der Waals surface area contributed by atoms with E-state index < -0.39 is 0 Å². The maximum atomic E-state index is 13.0. The van der Waals surface area contributed by atoms with Gasteiger partial charge in [0, 0.05) is 37.7 Å². The Balaban J connectivity index is 1.38. The van der Waals surface area contributed by atoms with Gasteiger partial charge in [-0.3, -0.25) is 9.59 Å². The second-order valence-corrected chi connectivity index (χ2v) is 8.64. The molecule has 0 radical (unpaired) electrons. The number of aryl methyl sites for hydroxylation is 1. The first-order valence-corrected chi connectivity index (χ1v) is 11.2. The van der Waals surface area contributed by atoms with Gasteiger partial charge in [0.1, 0.15) is 11.6 Å². The molecule has 6 nitrogen and oxygen atoms in total. The number of aromatic nitrogens is 2. The molecule has 2 heterocycles. The zero-order valence-corrected chi connectivity index (χ0v) is 17.9. The van der Waals surface area contributed by atoms with E-state index in [1.807, 2.05) is 11.8 Å². The molecule has 1 aliphatic heterocycles. The molecule has 1 saturated carbocycles. The molecule has 0 bridgehead atoms. The molecule has 1 N–H and O–H groups in total. The SMILES string of the molecule is Cc1nc([C@@H]2CCCN(C(=O)C3CCCC3)C2)ncc1C(=O)NCc1ccc(F)cc1. The second-order valence-electron chi connectivity index (χ2n) is 8.64. The highest BCUT2D eigenvalue weighted by Crippen LogP contribution is 2.30. The van der Waals surface area contributed by atoms with Crippen LogP contribution in [-0.4, -0.2) is 39.8 Å². The lowest BCUT2D eigenvalue weighted by molar-refractivity contribution is -0.136. The van der Waals surface area contributed by atoms with E-state index >= 15 is 0 Å². The van der Waals surface area contributed by atoms with Gasteiger partial charge < -0.3 is 10.2 Å². The molecule has 4 rings (SSSR count). The van der Waals surface area contributed by atoms with Crippen LogP contribution in [0.1, 0.15) is 71.9 Å². The van der Waals surface area contributed by atoms with Gasteiger partial charge in [-0.15, -0.1) is 0 Å². The summed E-state index contributed by atoms with van der Waals surface area (Å²) in [5.41, 5.74) is 1.88. The topological polar surface area (TPSA) is 75.2 Å². The fraction of sp³-hybridized carbons (Fsp3) is 0.500. The van der Waals surface area contributed by atoms with Crippen molar-refractivity contribution in [2.45, 2.75) is 57.9 Å². The zero-order chi connectivity index (χ0) is 21.8. The van der Waals surface area contributed by atoms with Crippen LogP contribution < -0.4 is 5.32 Å². The largest absolute Gasteiger partial charge is 0.348 e. The van der Waals surface area contributed by atoms with E-state index in [2.05, 4.69) is 15.3 Å². The van der Waals surface area contributed by atoms with Crippen molar-refractivity contribution in [2.24, 2.45) is 5.92 Å². The number of hydrogen-bond donors (Lipinski definition) is 1. The van der Waals surface area contributed by atoms with E-state index in [1.165, 1.54) is 12.1 Å². The summed E-state index contributed by atoms with van der Waals surface area (Å²) in [5, 5.41) is 2.83. The lowest BCUT2D eigenvalue weighted by Gasteiger charge is -2.33. The molecule has 0 spiro atoms. The Hall–Kier alpha value is -2.83. The quantitative estimate of drug-likeness (QED) is 0.793. The Labute approximate surface area is 182 Å². The van der Waals surface area contributed by atoms with E-state index in [0.29, 0.717) is 30.2 Å². The van der Waals surface area contributed by atoms with E-state index in [0.717, 1.165) is 50.6 Å². The highest BCUT2D eigenvalue weighted by atomic mass is 19.1. The maximum absolute atomic E-state index is 13.0. The summed E-state index contributed by atoms with van der Waals surface area (Å²) in [6.45, 7) is 3.59. The van der Waals surface area contributed by atoms with Gasteiger partial charge in [-0.05, 0) is 50.3 Å². The van der Waals surface area contributed by atoms with Gasteiger partial charge in [0.05, 0.1) is 11.3 Å². The Bertz CT molecular complexity index is 941. The third-order valence-electron chi connectivity index (χ3n) is 6.41. The molecule has 1 aliphatic carbocycles. The molecular weight excluding hydrogens is 395 g/mol. The third kappa shape index (κ3) is 5.09. The highest BCUT2D eigenvalue weighted by molar-refractivity contribution is 5.94. The number of piperidine rings is 1. The molecule has 164 valence electrons. The first kappa shape index (κ1) is 21.4. The summed E-state index contributed by atoms with van der Waals surface area (Å²) in [6.07, 6.45) is 7.81. The molecule has 1 atom stereocenters. The first-order valence-electron chi connectivity index (χ1n) is 11.2. The average molecular weight is 425 g/mol. The average Bonchev–Trinajstić information content (AvgIpc) is 3.33. The summed E-state index contributed by atoms with van der Waals surface area (Å²) < 4.78 is 13.0. The van der Waals surface area contributed by atoms with Crippen LogP contribution in [0.15, 0.2) is 30.5 Å². The van der Waals surface area contributed by atoms with E-state index in [1.54, 1.807) is 18.3 Å². The maximum Gasteiger partial charge on any atom is 0.254 e. The van der Waals surface area contributed by atoms with E-state index in [9.17, 15) is 14.0 Å². The van der Waals surface area contributed by atoms with Crippen LogP contribution in [0.3, 0.4) is 0 Å². The smallest absolute Gasteiger partial charge is 0.254 e. The summed E-state index contributed by atoms with van der Waals surface area (Å²) in [4.78, 5) is 36.5. The monoisotopic (exact) mass is 424 g/mol. The zero-order valence-electron chi connectivity index (χ0n) is 17.9. The van der Waals surface area contributed by atoms with Gasteiger partial charge in [0.2, 0.25) is 5.91 Å². The molecule has 1 aromatic heterocycles. The minimum Gasteiger partial charge on any atom is -0.348 e. The van der Waals surface area contributed by atoms with Crippen molar-refractivity contribution in [1.82, 2.24) is 20.2 Å². The number of rotatable bonds is 5. The van der Waals surface area contributed by atoms with Gasteiger partial charge in [0.25, 0.3) is 5.91 Å². The Morgan fingerprint density at radius 3 is 2.58 bits per heavy atom. The Morgan fingerprint density at radius 1 is 1.13 bits per heavy atom. The molecule has 1 aromatic carbocycles. The summed E-state index contributed by atoms with van der Waals surface area (Å²) >= 11 is 0. The third-order valence-corrected chi connectivity index (χ3v) is 6.41. The van der Waals surface area contributed by atoms with Gasteiger partial charge in [-0.25, -0.2) is 14.4 Å². The van der Waals surface area contributed by atoms with Crippen molar-refractivity contribution in [1.29, 1.82) is 0 Å². The second kappa shape index (κ2) is 9.54. The standard InChI is InChI=1S/C24H29FN4O2/c1-16-21(23(30)27-13-17-8-10-20(25)11-9-17)14-26-22(28-16)19-7-4-12-29(15-19)24(31)18-5-2-3-6-18/h8-11,14,18-19H,2-7,12-13,15H2,1H3,(H,27,30)/t19-/m1/s1. The van der Waals surface area contributed by atoms with E-state index in [4.69, 9.17) is 0 Å². The molecule has 7 heteroatoms. The molecule has 2 aromatic rings. The first-order chi connectivity index (χ1) is 15.0.